The summed E-state index contributed by atoms with van der Waals surface area (Å²) >= 11 is 7.94. The number of nitrogens with one attached hydrogen (secondary N) is 1. The Bertz CT molecular complexity index is 1300. The minimum absolute atomic E-state index is 0.0405. The van der Waals surface area contributed by atoms with E-state index in [2.05, 4.69) is 70.6 Å². The fraction of sp³-hybridized carbons (Fsp3) is 0.258. The summed E-state index contributed by atoms with van der Waals surface area (Å²) in [5, 5.41) is 4.90. The van der Waals surface area contributed by atoms with Gasteiger partial charge in [-0.25, -0.2) is 0 Å². The van der Waals surface area contributed by atoms with Gasteiger partial charge in [0.25, 0.3) is 5.91 Å². The molecule has 0 unspecified atom stereocenters. The van der Waals surface area contributed by atoms with Crippen LogP contribution in [0, 0.1) is 0 Å². The molecule has 4 aromatic rings. The lowest BCUT2D eigenvalue weighted by atomic mass is 9.97. The van der Waals surface area contributed by atoms with Crippen molar-refractivity contribution in [2.45, 2.75) is 25.9 Å². The second kappa shape index (κ2) is 12.1. The minimum Gasteiger partial charge on any atom is -0.313 e. The lowest BCUT2D eigenvalue weighted by Gasteiger charge is -2.40. The highest BCUT2D eigenvalue weighted by atomic mass is 35.5. The summed E-state index contributed by atoms with van der Waals surface area (Å²) in [6, 6.07) is 30.6. The third-order valence-corrected chi connectivity index (χ3v) is 8.39. The SMILES string of the molecule is CCc1cc([C@H](c2ccc(Cl)cc2)N2CCN(Cc3ccccc3)CC2)c(NC(=O)c2ccccc2)s1. The van der Waals surface area contributed by atoms with E-state index in [1.165, 1.54) is 16.0 Å². The minimum atomic E-state index is -0.0751. The van der Waals surface area contributed by atoms with Crippen LogP contribution in [-0.2, 0) is 13.0 Å². The van der Waals surface area contributed by atoms with Gasteiger partial charge in [0.2, 0.25) is 0 Å². The largest absolute Gasteiger partial charge is 0.313 e. The van der Waals surface area contributed by atoms with Crippen LogP contribution in [0.5, 0.6) is 0 Å². The average Bonchev–Trinajstić information content (AvgIpc) is 3.34. The van der Waals surface area contributed by atoms with E-state index >= 15 is 0 Å². The molecule has 1 saturated heterocycles. The number of thiophene rings is 1. The number of hydrogen-bond donors (Lipinski definition) is 1. The number of anilines is 1. The standard InChI is InChI=1S/C31H32ClN3OS/c1-2-27-21-28(31(37-27)33-30(36)25-11-7-4-8-12-25)29(24-13-15-26(32)16-14-24)35-19-17-34(18-20-35)22-23-9-5-3-6-10-23/h3-16,21,29H,2,17-20,22H2,1H3,(H,33,36)/t29-/m0/s1. The second-order valence-corrected chi connectivity index (χ2v) is 11.0. The topological polar surface area (TPSA) is 35.6 Å². The van der Waals surface area contributed by atoms with Crippen molar-refractivity contribution in [3.05, 3.63) is 123 Å². The van der Waals surface area contributed by atoms with Crippen LogP contribution in [0.15, 0.2) is 91.0 Å². The summed E-state index contributed by atoms with van der Waals surface area (Å²) in [6.45, 7) is 7.02. The molecule has 1 atom stereocenters. The molecular weight excluding hydrogens is 498 g/mol. The smallest absolute Gasteiger partial charge is 0.256 e. The Morgan fingerprint density at radius 1 is 0.919 bits per heavy atom. The van der Waals surface area contributed by atoms with Crippen LogP contribution in [0.4, 0.5) is 5.00 Å². The molecule has 0 radical (unpaired) electrons. The summed E-state index contributed by atoms with van der Waals surface area (Å²) in [6.07, 6.45) is 0.928. The molecule has 1 aliphatic rings. The van der Waals surface area contributed by atoms with Crippen LogP contribution in [-0.4, -0.2) is 41.9 Å². The molecule has 0 saturated carbocycles. The van der Waals surface area contributed by atoms with Crippen molar-refractivity contribution in [3.63, 3.8) is 0 Å². The number of nitrogens with zero attached hydrogens (tertiary/aromatic N) is 2. The van der Waals surface area contributed by atoms with Crippen molar-refractivity contribution in [2.75, 3.05) is 31.5 Å². The van der Waals surface area contributed by atoms with E-state index in [4.69, 9.17) is 11.6 Å². The maximum atomic E-state index is 13.1. The van der Waals surface area contributed by atoms with E-state index in [1.807, 2.05) is 42.5 Å². The van der Waals surface area contributed by atoms with Crippen LogP contribution >= 0.6 is 22.9 Å². The molecule has 1 aromatic heterocycles. The Morgan fingerprint density at radius 2 is 1.57 bits per heavy atom. The number of rotatable bonds is 8. The summed E-state index contributed by atoms with van der Waals surface area (Å²) in [4.78, 5) is 19.5. The van der Waals surface area contributed by atoms with E-state index in [9.17, 15) is 4.79 Å². The summed E-state index contributed by atoms with van der Waals surface area (Å²) in [7, 11) is 0. The van der Waals surface area contributed by atoms with Gasteiger partial charge in [0.1, 0.15) is 5.00 Å². The molecule has 4 nitrogen and oxygen atoms in total. The van der Waals surface area contributed by atoms with Gasteiger partial charge >= 0.3 is 0 Å². The summed E-state index contributed by atoms with van der Waals surface area (Å²) in [5.41, 5.74) is 4.36. The highest BCUT2D eigenvalue weighted by Crippen LogP contribution is 2.40. The number of piperazine rings is 1. The summed E-state index contributed by atoms with van der Waals surface area (Å²) in [5.74, 6) is -0.0751. The third-order valence-electron chi connectivity index (χ3n) is 6.92. The van der Waals surface area contributed by atoms with E-state index < -0.39 is 0 Å². The molecule has 1 fully saturated rings. The Morgan fingerprint density at radius 3 is 2.22 bits per heavy atom. The highest BCUT2D eigenvalue weighted by Gasteiger charge is 2.30. The molecule has 0 bridgehead atoms. The van der Waals surface area contributed by atoms with Gasteiger partial charge in [-0.15, -0.1) is 11.3 Å². The van der Waals surface area contributed by atoms with Crippen molar-refractivity contribution in [3.8, 4) is 0 Å². The zero-order valence-corrected chi connectivity index (χ0v) is 22.6. The van der Waals surface area contributed by atoms with Crippen LogP contribution < -0.4 is 5.32 Å². The highest BCUT2D eigenvalue weighted by molar-refractivity contribution is 7.16. The van der Waals surface area contributed by atoms with E-state index in [1.54, 1.807) is 11.3 Å². The number of amides is 1. The Hall–Kier alpha value is -2.96. The lowest BCUT2D eigenvalue weighted by molar-refractivity contribution is 0.102. The van der Waals surface area contributed by atoms with Gasteiger partial charge in [0.05, 0.1) is 6.04 Å². The molecule has 190 valence electrons. The van der Waals surface area contributed by atoms with Gasteiger partial charge in [-0.05, 0) is 47.9 Å². The first-order valence-electron chi connectivity index (χ1n) is 12.9. The van der Waals surface area contributed by atoms with E-state index in [0.717, 1.165) is 54.7 Å². The molecule has 2 heterocycles. The number of carbonyl (C=O) groups excluding carboxylic acids is 1. The molecule has 1 aliphatic heterocycles. The quantitative estimate of drug-likeness (QED) is 0.264. The molecule has 1 N–H and O–H groups in total. The van der Waals surface area contributed by atoms with Crippen molar-refractivity contribution < 1.29 is 4.79 Å². The van der Waals surface area contributed by atoms with E-state index in [0.29, 0.717) is 5.56 Å². The number of carbonyl (C=O) groups is 1. The van der Waals surface area contributed by atoms with Gasteiger partial charge in [0.15, 0.2) is 0 Å². The number of hydrogen-bond acceptors (Lipinski definition) is 4. The van der Waals surface area contributed by atoms with Crippen molar-refractivity contribution >= 4 is 33.8 Å². The van der Waals surface area contributed by atoms with Crippen LogP contribution in [0.25, 0.3) is 0 Å². The molecule has 0 aliphatic carbocycles. The zero-order valence-electron chi connectivity index (χ0n) is 21.1. The molecule has 3 aromatic carbocycles. The Balaban J connectivity index is 1.42. The van der Waals surface area contributed by atoms with Crippen molar-refractivity contribution in [1.82, 2.24) is 9.80 Å². The Labute approximate surface area is 228 Å². The molecule has 5 rings (SSSR count). The first kappa shape index (κ1) is 25.7. The first-order chi connectivity index (χ1) is 18.1. The predicted molar refractivity (Wildman–Crippen MR) is 155 cm³/mol. The van der Waals surface area contributed by atoms with Gasteiger partial charge in [-0.2, -0.15) is 0 Å². The van der Waals surface area contributed by atoms with Gasteiger partial charge in [0, 0.05) is 53.8 Å². The predicted octanol–water partition coefficient (Wildman–Crippen LogP) is 7.12. The molecule has 6 heteroatoms. The van der Waals surface area contributed by atoms with Crippen LogP contribution in [0.2, 0.25) is 5.02 Å². The normalized spacial score (nSPS) is 15.4. The monoisotopic (exact) mass is 529 g/mol. The van der Waals surface area contributed by atoms with Gasteiger partial charge < -0.3 is 5.32 Å². The van der Waals surface area contributed by atoms with Crippen molar-refractivity contribution in [2.24, 2.45) is 0 Å². The van der Waals surface area contributed by atoms with Gasteiger partial charge in [-0.3, -0.25) is 14.6 Å². The van der Waals surface area contributed by atoms with Crippen LogP contribution in [0.1, 0.15) is 44.9 Å². The molecule has 0 spiro atoms. The number of aryl methyl sites for hydroxylation is 1. The maximum Gasteiger partial charge on any atom is 0.256 e. The first-order valence-corrected chi connectivity index (χ1v) is 14.0. The number of benzene rings is 3. The summed E-state index contributed by atoms with van der Waals surface area (Å²) < 4.78 is 0. The van der Waals surface area contributed by atoms with Crippen LogP contribution in [0.3, 0.4) is 0 Å². The molecular formula is C31H32ClN3OS. The number of halogens is 1. The molecule has 37 heavy (non-hydrogen) atoms. The zero-order chi connectivity index (χ0) is 25.6. The van der Waals surface area contributed by atoms with E-state index in [-0.39, 0.29) is 11.9 Å². The Kier molecular flexibility index (Phi) is 8.37. The van der Waals surface area contributed by atoms with Crippen molar-refractivity contribution in [1.29, 1.82) is 0 Å². The van der Waals surface area contributed by atoms with Gasteiger partial charge in [-0.1, -0.05) is 79.2 Å². The lowest BCUT2D eigenvalue weighted by Crippen LogP contribution is -2.47. The third kappa shape index (κ3) is 6.31. The molecule has 1 amide bonds. The fourth-order valence-electron chi connectivity index (χ4n) is 4.95. The maximum absolute atomic E-state index is 13.1. The average molecular weight is 530 g/mol. The fourth-order valence-corrected chi connectivity index (χ4v) is 6.10. The second-order valence-electron chi connectivity index (χ2n) is 9.42.